The van der Waals surface area contributed by atoms with Crippen molar-refractivity contribution in [3.63, 3.8) is 0 Å². The highest BCUT2D eigenvalue weighted by Crippen LogP contribution is 2.17. The molecule has 2 aromatic carbocycles. The standard InChI is InChI=1S/C21H18N2O/c24-21(15-14-19-11-7-8-16-22-19)23(20-12-5-2-6-13-20)17-18-9-3-1-4-10-18/h1-16H,17H2/b15-14-. The number of hydrogen-bond acceptors (Lipinski definition) is 2. The van der Waals surface area contributed by atoms with E-state index in [9.17, 15) is 4.79 Å². The van der Waals surface area contributed by atoms with Crippen molar-refractivity contribution in [2.75, 3.05) is 4.90 Å². The largest absolute Gasteiger partial charge is 0.304 e. The highest BCUT2D eigenvalue weighted by Gasteiger charge is 2.13. The number of rotatable bonds is 5. The normalized spacial score (nSPS) is 10.7. The fraction of sp³-hybridized carbons (Fsp3) is 0.0476. The maximum absolute atomic E-state index is 12.7. The zero-order valence-electron chi connectivity index (χ0n) is 13.2. The molecule has 1 heterocycles. The molecule has 3 heteroatoms. The van der Waals surface area contributed by atoms with E-state index in [4.69, 9.17) is 0 Å². The Hall–Kier alpha value is -3.20. The second kappa shape index (κ2) is 7.88. The van der Waals surface area contributed by atoms with Gasteiger partial charge in [-0.1, -0.05) is 54.6 Å². The van der Waals surface area contributed by atoms with Crippen LogP contribution in [0.3, 0.4) is 0 Å². The molecule has 0 aliphatic rings. The van der Waals surface area contributed by atoms with Crippen molar-refractivity contribution >= 4 is 17.7 Å². The van der Waals surface area contributed by atoms with E-state index in [0.29, 0.717) is 6.54 Å². The lowest BCUT2D eigenvalue weighted by molar-refractivity contribution is -0.114. The average Bonchev–Trinajstić information content (AvgIpc) is 2.66. The first kappa shape index (κ1) is 15.7. The first-order chi connectivity index (χ1) is 11.8. The molecule has 0 N–H and O–H groups in total. The van der Waals surface area contributed by atoms with Gasteiger partial charge in [-0.05, 0) is 35.9 Å². The summed E-state index contributed by atoms with van der Waals surface area (Å²) in [6.45, 7) is 0.524. The van der Waals surface area contributed by atoms with Crippen LogP contribution in [0.1, 0.15) is 11.3 Å². The molecule has 0 unspecified atom stereocenters. The van der Waals surface area contributed by atoms with Gasteiger partial charge in [0, 0.05) is 18.0 Å². The summed E-state index contributed by atoms with van der Waals surface area (Å²) in [4.78, 5) is 18.7. The van der Waals surface area contributed by atoms with Crippen molar-refractivity contribution < 1.29 is 4.79 Å². The minimum absolute atomic E-state index is 0.0734. The van der Waals surface area contributed by atoms with Crippen molar-refractivity contribution in [3.05, 3.63) is 102 Å². The fourth-order valence-corrected chi connectivity index (χ4v) is 2.39. The number of hydrogen-bond donors (Lipinski definition) is 0. The van der Waals surface area contributed by atoms with Gasteiger partial charge >= 0.3 is 0 Å². The summed E-state index contributed by atoms with van der Waals surface area (Å²) in [5, 5.41) is 0. The molecule has 0 saturated heterocycles. The van der Waals surface area contributed by atoms with E-state index in [1.54, 1.807) is 23.2 Å². The minimum atomic E-state index is -0.0734. The summed E-state index contributed by atoms with van der Waals surface area (Å²) >= 11 is 0. The van der Waals surface area contributed by atoms with Crippen molar-refractivity contribution in [3.8, 4) is 0 Å². The van der Waals surface area contributed by atoms with Crippen LogP contribution in [0.25, 0.3) is 6.08 Å². The molecule has 1 amide bonds. The van der Waals surface area contributed by atoms with Crippen molar-refractivity contribution in [1.29, 1.82) is 0 Å². The summed E-state index contributed by atoms with van der Waals surface area (Å²) in [6, 6.07) is 25.3. The first-order valence-electron chi connectivity index (χ1n) is 7.82. The molecule has 0 aliphatic carbocycles. The van der Waals surface area contributed by atoms with Gasteiger partial charge in [-0.3, -0.25) is 9.78 Å². The molecular weight excluding hydrogens is 296 g/mol. The SMILES string of the molecule is O=C(/C=C\c1ccccn1)N(Cc1ccccc1)c1ccccc1. The second-order valence-corrected chi connectivity index (χ2v) is 5.33. The smallest absolute Gasteiger partial charge is 0.251 e. The monoisotopic (exact) mass is 314 g/mol. The van der Waals surface area contributed by atoms with Crippen LogP contribution in [0.4, 0.5) is 5.69 Å². The summed E-state index contributed by atoms with van der Waals surface area (Å²) < 4.78 is 0. The summed E-state index contributed by atoms with van der Waals surface area (Å²) in [5.74, 6) is -0.0734. The van der Waals surface area contributed by atoms with Gasteiger partial charge in [0.2, 0.25) is 0 Å². The Morgan fingerprint density at radius 3 is 2.21 bits per heavy atom. The lowest BCUT2D eigenvalue weighted by Gasteiger charge is -2.21. The lowest BCUT2D eigenvalue weighted by Crippen LogP contribution is -2.28. The molecule has 0 atom stereocenters. The minimum Gasteiger partial charge on any atom is -0.304 e. The maximum Gasteiger partial charge on any atom is 0.251 e. The summed E-state index contributed by atoms with van der Waals surface area (Å²) in [5.41, 5.74) is 2.72. The zero-order chi connectivity index (χ0) is 16.6. The molecule has 24 heavy (non-hydrogen) atoms. The molecule has 3 rings (SSSR count). The van der Waals surface area contributed by atoms with Crippen LogP contribution in [0.5, 0.6) is 0 Å². The number of carbonyl (C=O) groups excluding carboxylic acids is 1. The molecule has 0 aliphatic heterocycles. The third-order valence-corrected chi connectivity index (χ3v) is 3.60. The number of benzene rings is 2. The molecule has 0 spiro atoms. The topological polar surface area (TPSA) is 33.2 Å². The molecule has 0 saturated carbocycles. The highest BCUT2D eigenvalue weighted by molar-refractivity contribution is 6.03. The van der Waals surface area contributed by atoms with Crippen molar-refractivity contribution in [2.45, 2.75) is 6.54 Å². The number of anilines is 1. The molecule has 0 fully saturated rings. The Labute approximate surface area is 141 Å². The van der Waals surface area contributed by atoms with Gasteiger partial charge in [-0.25, -0.2) is 0 Å². The Morgan fingerprint density at radius 2 is 1.54 bits per heavy atom. The van der Waals surface area contributed by atoms with Crippen LogP contribution in [0.15, 0.2) is 91.1 Å². The van der Waals surface area contributed by atoms with Crippen molar-refractivity contribution in [1.82, 2.24) is 4.98 Å². The zero-order valence-corrected chi connectivity index (χ0v) is 13.2. The quantitative estimate of drug-likeness (QED) is 0.657. The lowest BCUT2D eigenvalue weighted by atomic mass is 10.2. The number of para-hydroxylation sites is 1. The Kier molecular flexibility index (Phi) is 5.15. The van der Waals surface area contributed by atoms with Crippen LogP contribution in [-0.4, -0.2) is 10.9 Å². The van der Waals surface area contributed by atoms with Crippen LogP contribution in [0, 0.1) is 0 Å². The second-order valence-electron chi connectivity index (χ2n) is 5.33. The van der Waals surface area contributed by atoms with Gasteiger partial charge in [-0.2, -0.15) is 0 Å². The van der Waals surface area contributed by atoms with Crippen LogP contribution >= 0.6 is 0 Å². The Balaban J connectivity index is 1.84. The van der Waals surface area contributed by atoms with Crippen LogP contribution in [-0.2, 0) is 11.3 Å². The van der Waals surface area contributed by atoms with Crippen molar-refractivity contribution in [2.24, 2.45) is 0 Å². The summed E-state index contributed by atoms with van der Waals surface area (Å²) in [7, 11) is 0. The molecule has 0 radical (unpaired) electrons. The van der Waals surface area contributed by atoms with Crippen LogP contribution < -0.4 is 4.90 Å². The predicted molar refractivity (Wildman–Crippen MR) is 97.3 cm³/mol. The first-order valence-corrected chi connectivity index (χ1v) is 7.82. The molecule has 3 nitrogen and oxygen atoms in total. The van der Waals surface area contributed by atoms with E-state index in [1.165, 1.54) is 0 Å². The Morgan fingerprint density at radius 1 is 0.875 bits per heavy atom. The number of amides is 1. The molecule has 118 valence electrons. The molecule has 1 aromatic heterocycles. The van der Waals surface area contributed by atoms with Gasteiger partial charge in [0.05, 0.1) is 12.2 Å². The van der Waals surface area contributed by atoms with Gasteiger partial charge in [0.25, 0.3) is 5.91 Å². The van der Waals surface area contributed by atoms with Gasteiger partial charge < -0.3 is 4.90 Å². The van der Waals surface area contributed by atoms with E-state index < -0.39 is 0 Å². The van der Waals surface area contributed by atoms with Gasteiger partial charge in [0.1, 0.15) is 0 Å². The van der Waals surface area contributed by atoms with Gasteiger partial charge in [-0.15, -0.1) is 0 Å². The molecule has 0 bridgehead atoms. The van der Waals surface area contributed by atoms with E-state index in [0.717, 1.165) is 16.9 Å². The summed E-state index contributed by atoms with van der Waals surface area (Å²) in [6.07, 6.45) is 5.02. The van der Waals surface area contributed by atoms with Gasteiger partial charge in [0.15, 0.2) is 0 Å². The van der Waals surface area contributed by atoms with E-state index in [1.807, 2.05) is 78.9 Å². The third kappa shape index (κ3) is 4.17. The Bertz CT molecular complexity index is 799. The predicted octanol–water partition coefficient (Wildman–Crippen LogP) is 4.33. The molecule has 3 aromatic rings. The van der Waals surface area contributed by atoms with E-state index in [-0.39, 0.29) is 5.91 Å². The maximum atomic E-state index is 12.7. The third-order valence-electron chi connectivity index (χ3n) is 3.60. The molecular formula is C21H18N2O. The van der Waals surface area contributed by atoms with E-state index in [2.05, 4.69) is 4.98 Å². The van der Waals surface area contributed by atoms with Crippen LogP contribution in [0.2, 0.25) is 0 Å². The average molecular weight is 314 g/mol. The van der Waals surface area contributed by atoms with E-state index >= 15 is 0 Å². The number of nitrogens with zero attached hydrogens (tertiary/aromatic N) is 2. The number of aromatic nitrogens is 1. The number of pyridine rings is 1. The number of carbonyl (C=O) groups is 1. The highest BCUT2D eigenvalue weighted by atomic mass is 16.2. The fourth-order valence-electron chi connectivity index (χ4n) is 2.39.